The Kier molecular flexibility index (Phi) is 10.1. The molecule has 1 aliphatic rings. The van der Waals surface area contributed by atoms with Gasteiger partial charge in [-0.05, 0) is 42.5 Å². The second-order valence-corrected chi connectivity index (χ2v) is 7.40. The quantitative estimate of drug-likeness (QED) is 0.395. The van der Waals surface area contributed by atoms with Crippen LogP contribution in [0.5, 0.6) is 11.5 Å². The highest BCUT2D eigenvalue weighted by Crippen LogP contribution is 2.32. The summed E-state index contributed by atoms with van der Waals surface area (Å²) in [7, 11) is 0. The Hall–Kier alpha value is -0.870. The number of hydrogen-bond donors (Lipinski definition) is 0. The van der Waals surface area contributed by atoms with Gasteiger partial charge in [-0.1, -0.05) is 51.0 Å². The lowest BCUT2D eigenvalue weighted by molar-refractivity contribution is 0.116. The minimum absolute atomic E-state index is 0.331. The minimum Gasteiger partial charge on any atom is -0.454 e. The molecular weight excluding hydrogens is 320 g/mol. The van der Waals surface area contributed by atoms with Crippen molar-refractivity contribution in [1.82, 2.24) is 0 Å². The molecule has 2 rings (SSSR count). The lowest BCUT2D eigenvalue weighted by atomic mass is 10.1. The second-order valence-electron chi connectivity index (χ2n) is 6.41. The van der Waals surface area contributed by atoms with Crippen LogP contribution in [0.15, 0.2) is 18.2 Å². The Balaban J connectivity index is 1.37. The molecule has 0 unspecified atom stereocenters. The number of thioether (sulfide) groups is 1. The first-order valence-electron chi connectivity index (χ1n) is 9.35. The van der Waals surface area contributed by atoms with E-state index in [1.165, 1.54) is 57.1 Å². The summed E-state index contributed by atoms with van der Waals surface area (Å²) in [5, 5.41) is 0. The summed E-state index contributed by atoms with van der Waals surface area (Å²) in [5.41, 5.74) is 1.15. The number of ether oxygens (including phenoxy) is 3. The molecule has 1 aromatic rings. The molecule has 136 valence electrons. The second kappa shape index (κ2) is 12.5. The normalized spacial score (nSPS) is 12.7. The van der Waals surface area contributed by atoms with Gasteiger partial charge in [0.15, 0.2) is 11.5 Å². The molecular formula is C20H32O3S. The number of unbranched alkanes of at least 4 members (excludes halogenated alkanes) is 8. The van der Waals surface area contributed by atoms with E-state index in [0.717, 1.165) is 30.1 Å². The number of benzene rings is 1. The summed E-state index contributed by atoms with van der Waals surface area (Å²) in [4.78, 5) is 0. The van der Waals surface area contributed by atoms with Gasteiger partial charge in [0.05, 0.1) is 6.61 Å². The van der Waals surface area contributed by atoms with Crippen LogP contribution in [0, 0.1) is 0 Å². The predicted molar refractivity (Wildman–Crippen MR) is 102 cm³/mol. The molecule has 0 atom stereocenters. The number of hydrogen-bond acceptors (Lipinski definition) is 4. The van der Waals surface area contributed by atoms with Crippen LogP contribution in [0.3, 0.4) is 0 Å². The van der Waals surface area contributed by atoms with Crippen molar-refractivity contribution < 1.29 is 14.2 Å². The summed E-state index contributed by atoms with van der Waals surface area (Å²) in [6.07, 6.45) is 14.4. The van der Waals surface area contributed by atoms with Gasteiger partial charge in [0.1, 0.15) is 0 Å². The fourth-order valence-electron chi connectivity index (χ4n) is 2.91. The van der Waals surface area contributed by atoms with Crippen molar-refractivity contribution >= 4 is 11.8 Å². The summed E-state index contributed by atoms with van der Waals surface area (Å²) in [5.74, 6) is 3.00. The lowest BCUT2D eigenvalue weighted by Gasteiger charge is -2.06. The zero-order valence-electron chi connectivity index (χ0n) is 15.1. The van der Waals surface area contributed by atoms with Gasteiger partial charge >= 0.3 is 0 Å². The molecule has 0 saturated carbocycles. The average Bonchev–Trinajstić information content (AvgIpc) is 3.07. The monoisotopic (exact) mass is 352 g/mol. The van der Waals surface area contributed by atoms with Crippen molar-refractivity contribution in [2.24, 2.45) is 0 Å². The van der Waals surface area contributed by atoms with E-state index < -0.39 is 0 Å². The lowest BCUT2D eigenvalue weighted by Crippen LogP contribution is -1.96. The molecule has 0 radical (unpaired) electrons. The predicted octanol–water partition coefficient (Wildman–Crippen LogP) is 5.81. The van der Waals surface area contributed by atoms with E-state index in [-0.39, 0.29) is 0 Å². The van der Waals surface area contributed by atoms with Crippen LogP contribution in [0.2, 0.25) is 0 Å². The summed E-state index contributed by atoms with van der Waals surface area (Å²) in [6.45, 7) is 1.84. The van der Waals surface area contributed by atoms with Gasteiger partial charge in [-0.15, -0.1) is 0 Å². The third kappa shape index (κ3) is 7.80. The Morgan fingerprint density at radius 3 is 2.29 bits per heavy atom. The van der Waals surface area contributed by atoms with Crippen molar-refractivity contribution in [2.45, 2.75) is 64.4 Å². The van der Waals surface area contributed by atoms with Crippen molar-refractivity contribution in [3.05, 3.63) is 23.8 Å². The largest absolute Gasteiger partial charge is 0.454 e. The van der Waals surface area contributed by atoms with Gasteiger partial charge in [0, 0.05) is 6.61 Å². The molecule has 0 bridgehead atoms. The van der Waals surface area contributed by atoms with Gasteiger partial charge in [-0.3, -0.25) is 0 Å². The van der Waals surface area contributed by atoms with E-state index in [2.05, 4.69) is 6.26 Å². The third-order valence-corrected chi connectivity index (χ3v) is 5.04. The molecule has 3 nitrogen and oxygen atoms in total. The van der Waals surface area contributed by atoms with E-state index in [1.807, 2.05) is 30.0 Å². The van der Waals surface area contributed by atoms with Crippen LogP contribution in [0.4, 0.5) is 0 Å². The van der Waals surface area contributed by atoms with Gasteiger partial charge in [-0.25, -0.2) is 0 Å². The number of rotatable bonds is 14. The molecule has 0 amide bonds. The molecule has 24 heavy (non-hydrogen) atoms. The first-order valence-corrected chi connectivity index (χ1v) is 10.7. The highest BCUT2D eigenvalue weighted by molar-refractivity contribution is 7.98. The Bertz CT molecular complexity index is 451. The Morgan fingerprint density at radius 2 is 1.54 bits per heavy atom. The van der Waals surface area contributed by atoms with Crippen molar-refractivity contribution in [2.75, 3.05) is 25.4 Å². The van der Waals surface area contributed by atoms with Crippen molar-refractivity contribution in [1.29, 1.82) is 0 Å². The topological polar surface area (TPSA) is 27.7 Å². The molecule has 1 aliphatic heterocycles. The molecule has 0 fully saturated rings. The third-order valence-electron chi connectivity index (χ3n) is 4.34. The molecule has 0 spiro atoms. The minimum atomic E-state index is 0.331. The van der Waals surface area contributed by atoms with Crippen LogP contribution in [-0.2, 0) is 11.3 Å². The average molecular weight is 353 g/mol. The molecule has 1 aromatic carbocycles. The molecule has 0 N–H and O–H groups in total. The van der Waals surface area contributed by atoms with Crippen molar-refractivity contribution in [3.8, 4) is 11.5 Å². The van der Waals surface area contributed by atoms with E-state index in [9.17, 15) is 0 Å². The maximum Gasteiger partial charge on any atom is 0.231 e. The fourth-order valence-corrected chi connectivity index (χ4v) is 3.40. The summed E-state index contributed by atoms with van der Waals surface area (Å²) >= 11 is 1.96. The SMILES string of the molecule is CSCCCCCCCCCCCOCc1ccc2c(c1)OCO2. The zero-order chi connectivity index (χ0) is 16.9. The molecule has 4 heteroatoms. The van der Waals surface area contributed by atoms with Gasteiger partial charge in [-0.2, -0.15) is 11.8 Å². The van der Waals surface area contributed by atoms with Gasteiger partial charge in [0.25, 0.3) is 0 Å². The van der Waals surface area contributed by atoms with E-state index in [1.54, 1.807) is 0 Å². The van der Waals surface area contributed by atoms with E-state index in [4.69, 9.17) is 14.2 Å². The van der Waals surface area contributed by atoms with Gasteiger partial charge < -0.3 is 14.2 Å². The Morgan fingerprint density at radius 1 is 0.875 bits per heavy atom. The van der Waals surface area contributed by atoms with Crippen LogP contribution < -0.4 is 9.47 Å². The maximum atomic E-state index is 5.76. The summed E-state index contributed by atoms with van der Waals surface area (Å²) < 4.78 is 16.5. The van der Waals surface area contributed by atoms with Crippen LogP contribution in [0.1, 0.15) is 63.4 Å². The molecule has 0 aromatic heterocycles. The first-order chi connectivity index (χ1) is 11.9. The molecule has 0 saturated heterocycles. The zero-order valence-corrected chi connectivity index (χ0v) is 15.9. The maximum absolute atomic E-state index is 5.76. The highest BCUT2D eigenvalue weighted by atomic mass is 32.2. The number of fused-ring (bicyclic) bond motifs is 1. The van der Waals surface area contributed by atoms with Crippen LogP contribution >= 0.6 is 11.8 Å². The van der Waals surface area contributed by atoms with Gasteiger partial charge in [0.2, 0.25) is 6.79 Å². The first kappa shape index (κ1) is 19.5. The molecule has 0 aliphatic carbocycles. The standard InChI is InChI=1S/C20H32O3S/c1-24-14-10-8-6-4-2-3-5-7-9-13-21-16-18-11-12-19-20(15-18)23-17-22-19/h11-12,15H,2-10,13-14,16-17H2,1H3. The molecule has 1 heterocycles. The Labute approximate surface area is 151 Å². The fraction of sp³-hybridized carbons (Fsp3) is 0.700. The van der Waals surface area contributed by atoms with Crippen LogP contribution in [-0.4, -0.2) is 25.4 Å². The smallest absolute Gasteiger partial charge is 0.231 e. The van der Waals surface area contributed by atoms with Crippen molar-refractivity contribution in [3.63, 3.8) is 0 Å². The van der Waals surface area contributed by atoms with E-state index >= 15 is 0 Å². The summed E-state index contributed by atoms with van der Waals surface area (Å²) in [6, 6.07) is 6.02. The van der Waals surface area contributed by atoms with E-state index in [0.29, 0.717) is 13.4 Å². The van der Waals surface area contributed by atoms with Crippen LogP contribution in [0.25, 0.3) is 0 Å². The highest BCUT2D eigenvalue weighted by Gasteiger charge is 2.12.